The van der Waals surface area contributed by atoms with Crippen LogP contribution in [-0.4, -0.2) is 12.6 Å². The molecule has 100 valence electrons. The summed E-state index contributed by atoms with van der Waals surface area (Å²) in [6.07, 6.45) is 6.47. The van der Waals surface area contributed by atoms with Crippen molar-refractivity contribution >= 4 is 0 Å². The Morgan fingerprint density at radius 2 is 1.78 bits per heavy atom. The van der Waals surface area contributed by atoms with Crippen LogP contribution in [0.1, 0.15) is 43.7 Å². The lowest BCUT2D eigenvalue weighted by atomic mass is 9.86. The second-order valence-electron chi connectivity index (χ2n) is 5.30. The lowest BCUT2D eigenvalue weighted by Gasteiger charge is -2.30. The monoisotopic (exact) mass is 247 g/mol. The molecule has 2 N–H and O–H groups in total. The predicted octanol–water partition coefficient (Wildman–Crippen LogP) is 3.28. The number of benzene rings is 1. The minimum absolute atomic E-state index is 0.370. The summed E-state index contributed by atoms with van der Waals surface area (Å²) >= 11 is 0. The fraction of sp³-hybridized carbons (Fsp3) is 0.625. The van der Waals surface area contributed by atoms with Crippen LogP contribution in [0.2, 0.25) is 0 Å². The lowest BCUT2D eigenvalue weighted by Crippen LogP contribution is -2.33. The predicted molar refractivity (Wildman–Crippen MR) is 75.4 cm³/mol. The summed E-state index contributed by atoms with van der Waals surface area (Å²) in [5.74, 6) is 0.564. The van der Waals surface area contributed by atoms with Gasteiger partial charge in [-0.15, -0.1) is 0 Å². The van der Waals surface area contributed by atoms with Gasteiger partial charge in [-0.3, -0.25) is 0 Å². The van der Waals surface area contributed by atoms with E-state index in [9.17, 15) is 0 Å². The molecule has 2 heteroatoms. The summed E-state index contributed by atoms with van der Waals surface area (Å²) < 4.78 is 6.07. The zero-order valence-electron chi connectivity index (χ0n) is 11.4. The van der Waals surface area contributed by atoms with Crippen LogP contribution in [0, 0.1) is 5.92 Å². The molecule has 1 aliphatic rings. The second kappa shape index (κ2) is 6.91. The van der Waals surface area contributed by atoms with E-state index in [1.807, 2.05) is 0 Å². The molecule has 0 radical (unpaired) electrons. The minimum Gasteiger partial charge on any atom is -0.373 e. The molecule has 18 heavy (non-hydrogen) atoms. The standard InChI is InChI=1S/C16H25NO/c1-2-13-7-9-14(10-8-13)12-18-16-6-4-3-5-15(16)11-17/h7-10,15-16H,2-6,11-12,17H2,1H3. The van der Waals surface area contributed by atoms with Crippen LogP contribution in [0.5, 0.6) is 0 Å². The largest absolute Gasteiger partial charge is 0.373 e. The van der Waals surface area contributed by atoms with Crippen molar-refractivity contribution in [3.05, 3.63) is 35.4 Å². The molecule has 1 fully saturated rings. The van der Waals surface area contributed by atoms with Crippen LogP contribution in [0.25, 0.3) is 0 Å². The number of ether oxygens (including phenoxy) is 1. The Morgan fingerprint density at radius 1 is 1.11 bits per heavy atom. The Bertz CT molecular complexity index is 347. The molecule has 2 nitrogen and oxygen atoms in total. The number of nitrogens with two attached hydrogens (primary N) is 1. The Morgan fingerprint density at radius 3 is 2.44 bits per heavy atom. The lowest BCUT2D eigenvalue weighted by molar-refractivity contribution is -0.0183. The van der Waals surface area contributed by atoms with Crippen molar-refractivity contribution in [2.24, 2.45) is 11.7 Å². The van der Waals surface area contributed by atoms with E-state index in [4.69, 9.17) is 10.5 Å². The SMILES string of the molecule is CCc1ccc(COC2CCCCC2CN)cc1. The maximum absolute atomic E-state index is 6.07. The van der Waals surface area contributed by atoms with Crippen molar-refractivity contribution in [1.29, 1.82) is 0 Å². The molecule has 2 unspecified atom stereocenters. The van der Waals surface area contributed by atoms with Crippen molar-refractivity contribution in [3.63, 3.8) is 0 Å². The molecule has 1 aliphatic carbocycles. The molecule has 0 spiro atoms. The zero-order chi connectivity index (χ0) is 12.8. The average Bonchev–Trinajstić information content (AvgIpc) is 2.46. The van der Waals surface area contributed by atoms with Crippen LogP contribution in [0.15, 0.2) is 24.3 Å². The summed E-state index contributed by atoms with van der Waals surface area (Å²) in [5.41, 5.74) is 8.48. The molecule has 0 amide bonds. The second-order valence-corrected chi connectivity index (χ2v) is 5.30. The molecule has 0 saturated heterocycles. The Hall–Kier alpha value is -0.860. The highest BCUT2D eigenvalue weighted by Crippen LogP contribution is 2.26. The molecule has 1 saturated carbocycles. The Labute approximate surface area is 111 Å². The quantitative estimate of drug-likeness (QED) is 0.866. The molecule has 0 aromatic heterocycles. The van der Waals surface area contributed by atoms with Crippen LogP contribution in [0.4, 0.5) is 0 Å². The van der Waals surface area contributed by atoms with E-state index in [-0.39, 0.29) is 0 Å². The van der Waals surface area contributed by atoms with Crippen molar-refractivity contribution in [2.45, 2.75) is 51.7 Å². The molecule has 2 atom stereocenters. The van der Waals surface area contributed by atoms with E-state index in [2.05, 4.69) is 31.2 Å². The van der Waals surface area contributed by atoms with Gasteiger partial charge in [0.2, 0.25) is 0 Å². The molecule has 0 bridgehead atoms. The first-order chi connectivity index (χ1) is 8.83. The van der Waals surface area contributed by atoms with Crippen molar-refractivity contribution in [2.75, 3.05) is 6.54 Å². The van der Waals surface area contributed by atoms with Crippen LogP contribution < -0.4 is 5.73 Å². The third-order valence-corrected chi connectivity index (χ3v) is 4.04. The van der Waals surface area contributed by atoms with E-state index in [0.717, 1.165) is 19.6 Å². The van der Waals surface area contributed by atoms with Gasteiger partial charge in [-0.1, -0.05) is 44.0 Å². The maximum Gasteiger partial charge on any atom is 0.0720 e. The fourth-order valence-electron chi connectivity index (χ4n) is 2.74. The van der Waals surface area contributed by atoms with Gasteiger partial charge in [0, 0.05) is 0 Å². The summed E-state index contributed by atoms with van der Waals surface area (Å²) in [5, 5.41) is 0. The first-order valence-corrected chi connectivity index (χ1v) is 7.23. The third kappa shape index (κ3) is 3.56. The third-order valence-electron chi connectivity index (χ3n) is 4.04. The molecular formula is C16H25NO. The fourth-order valence-corrected chi connectivity index (χ4v) is 2.74. The van der Waals surface area contributed by atoms with Crippen molar-refractivity contribution < 1.29 is 4.74 Å². The summed E-state index contributed by atoms with van der Waals surface area (Å²) in [6.45, 7) is 3.67. The minimum atomic E-state index is 0.370. The first-order valence-electron chi connectivity index (χ1n) is 7.23. The molecule has 1 aromatic carbocycles. The number of rotatable bonds is 5. The maximum atomic E-state index is 6.07. The highest BCUT2D eigenvalue weighted by Gasteiger charge is 2.24. The van der Waals surface area contributed by atoms with Crippen LogP contribution in [0.3, 0.4) is 0 Å². The topological polar surface area (TPSA) is 35.2 Å². The van der Waals surface area contributed by atoms with Gasteiger partial charge in [-0.2, -0.15) is 0 Å². The van der Waals surface area contributed by atoms with E-state index < -0.39 is 0 Å². The van der Waals surface area contributed by atoms with Gasteiger partial charge in [-0.05, 0) is 42.9 Å². The number of aryl methyl sites for hydroxylation is 1. The zero-order valence-corrected chi connectivity index (χ0v) is 11.4. The van der Waals surface area contributed by atoms with E-state index >= 15 is 0 Å². The van der Waals surface area contributed by atoms with Crippen LogP contribution in [-0.2, 0) is 17.8 Å². The van der Waals surface area contributed by atoms with Gasteiger partial charge in [0.15, 0.2) is 0 Å². The Balaban J connectivity index is 1.85. The molecule has 2 rings (SSSR count). The van der Waals surface area contributed by atoms with Crippen molar-refractivity contribution in [3.8, 4) is 0 Å². The van der Waals surface area contributed by atoms with Gasteiger partial charge in [0.1, 0.15) is 0 Å². The van der Waals surface area contributed by atoms with Gasteiger partial charge in [0.05, 0.1) is 12.7 Å². The van der Waals surface area contributed by atoms with Crippen molar-refractivity contribution in [1.82, 2.24) is 0 Å². The summed E-state index contributed by atoms with van der Waals surface area (Å²) in [6, 6.07) is 8.75. The molecule has 0 heterocycles. The normalized spacial score (nSPS) is 24.1. The first kappa shape index (κ1) is 13.6. The number of hydrogen-bond donors (Lipinski definition) is 1. The molecular weight excluding hydrogens is 222 g/mol. The number of hydrogen-bond acceptors (Lipinski definition) is 2. The highest BCUT2D eigenvalue weighted by molar-refractivity contribution is 5.21. The molecule has 1 aromatic rings. The summed E-state index contributed by atoms with van der Waals surface area (Å²) in [4.78, 5) is 0. The van der Waals surface area contributed by atoms with Gasteiger partial charge in [-0.25, -0.2) is 0 Å². The van der Waals surface area contributed by atoms with E-state index in [0.29, 0.717) is 12.0 Å². The van der Waals surface area contributed by atoms with Crippen LogP contribution >= 0.6 is 0 Å². The highest BCUT2D eigenvalue weighted by atomic mass is 16.5. The smallest absolute Gasteiger partial charge is 0.0720 e. The van der Waals surface area contributed by atoms with Gasteiger partial charge < -0.3 is 10.5 Å². The summed E-state index contributed by atoms with van der Waals surface area (Å²) in [7, 11) is 0. The van der Waals surface area contributed by atoms with E-state index in [1.165, 1.54) is 36.8 Å². The van der Waals surface area contributed by atoms with Gasteiger partial charge in [0.25, 0.3) is 0 Å². The average molecular weight is 247 g/mol. The molecule has 0 aliphatic heterocycles. The van der Waals surface area contributed by atoms with E-state index in [1.54, 1.807) is 0 Å². The van der Waals surface area contributed by atoms with Gasteiger partial charge >= 0.3 is 0 Å². The Kier molecular flexibility index (Phi) is 5.21.